The Labute approximate surface area is 119 Å². The fraction of sp³-hybridized carbons (Fsp3) is 0.429. The highest BCUT2D eigenvalue weighted by molar-refractivity contribution is 5.85. The van der Waals surface area contributed by atoms with E-state index in [1.165, 1.54) is 19.3 Å². The van der Waals surface area contributed by atoms with Crippen LogP contribution in [0.1, 0.15) is 19.3 Å². The normalized spacial score (nSPS) is 18.8. The summed E-state index contributed by atoms with van der Waals surface area (Å²) in [5, 5.41) is 6.89. The van der Waals surface area contributed by atoms with Gasteiger partial charge in [0.25, 0.3) is 0 Å². The second-order valence-corrected chi connectivity index (χ2v) is 4.77. The summed E-state index contributed by atoms with van der Waals surface area (Å²) < 4.78 is 0. The number of hydrogen-bond donors (Lipinski definition) is 2. The smallest absolute Gasteiger partial charge is 0.145 e. The topological polar surface area (TPSA) is 49.8 Å². The van der Waals surface area contributed by atoms with Crippen LogP contribution in [-0.4, -0.2) is 29.1 Å². The molecule has 1 aliphatic rings. The molecule has 3 rings (SSSR count). The maximum atomic E-state index is 4.56. The van der Waals surface area contributed by atoms with Crippen molar-refractivity contribution in [3.05, 3.63) is 30.5 Å². The van der Waals surface area contributed by atoms with Gasteiger partial charge in [-0.15, -0.1) is 12.4 Å². The van der Waals surface area contributed by atoms with Gasteiger partial charge in [0.2, 0.25) is 0 Å². The summed E-state index contributed by atoms with van der Waals surface area (Å²) in [5.41, 5.74) is 1.89. The van der Waals surface area contributed by atoms with Crippen LogP contribution in [0.5, 0.6) is 0 Å². The molecule has 102 valence electrons. The Hall–Kier alpha value is -1.39. The summed E-state index contributed by atoms with van der Waals surface area (Å²) >= 11 is 0. The fourth-order valence-electron chi connectivity index (χ4n) is 2.37. The number of piperidine rings is 1. The van der Waals surface area contributed by atoms with Crippen LogP contribution in [0, 0.1) is 0 Å². The fourth-order valence-corrected chi connectivity index (χ4v) is 2.37. The van der Waals surface area contributed by atoms with Gasteiger partial charge in [-0.05, 0) is 31.5 Å². The van der Waals surface area contributed by atoms with E-state index in [9.17, 15) is 0 Å². The van der Waals surface area contributed by atoms with Gasteiger partial charge in [-0.25, -0.2) is 4.98 Å². The zero-order valence-electron chi connectivity index (χ0n) is 10.8. The summed E-state index contributed by atoms with van der Waals surface area (Å²) in [6, 6.07) is 8.51. The first kappa shape index (κ1) is 14.0. The predicted octanol–water partition coefficient (Wildman–Crippen LogP) is 2.61. The van der Waals surface area contributed by atoms with Crippen molar-refractivity contribution < 1.29 is 0 Å². The van der Waals surface area contributed by atoms with Crippen LogP contribution in [0.2, 0.25) is 0 Å². The molecule has 2 heterocycles. The third-order valence-corrected chi connectivity index (χ3v) is 3.39. The Bertz CT molecular complexity index is 526. The highest BCUT2D eigenvalue weighted by Crippen LogP contribution is 2.12. The lowest BCUT2D eigenvalue weighted by Crippen LogP contribution is -2.39. The van der Waals surface area contributed by atoms with E-state index in [0.29, 0.717) is 6.04 Å². The van der Waals surface area contributed by atoms with Crippen molar-refractivity contribution in [2.75, 3.05) is 18.4 Å². The molecule has 0 bridgehead atoms. The SMILES string of the molecule is Cl.c1ccc2nc(NCC3CCCCN3)cnc2c1. The molecule has 0 aliphatic carbocycles. The van der Waals surface area contributed by atoms with Crippen LogP contribution in [0.25, 0.3) is 11.0 Å². The average Bonchev–Trinajstić information content (AvgIpc) is 2.46. The molecule has 1 saturated heterocycles. The molecular formula is C14H19ClN4. The van der Waals surface area contributed by atoms with E-state index in [-0.39, 0.29) is 12.4 Å². The number of rotatable bonds is 3. The quantitative estimate of drug-likeness (QED) is 0.906. The molecule has 1 aromatic carbocycles. The molecule has 19 heavy (non-hydrogen) atoms. The molecule has 4 nitrogen and oxygen atoms in total. The molecule has 1 aliphatic heterocycles. The van der Waals surface area contributed by atoms with E-state index in [0.717, 1.165) is 29.9 Å². The lowest BCUT2D eigenvalue weighted by Gasteiger charge is -2.23. The third-order valence-electron chi connectivity index (χ3n) is 3.39. The van der Waals surface area contributed by atoms with Gasteiger partial charge in [0, 0.05) is 12.6 Å². The van der Waals surface area contributed by atoms with E-state index in [4.69, 9.17) is 0 Å². The largest absolute Gasteiger partial charge is 0.367 e. The number of anilines is 1. The number of nitrogens with zero attached hydrogens (tertiary/aromatic N) is 2. The maximum Gasteiger partial charge on any atom is 0.145 e. The summed E-state index contributed by atoms with van der Waals surface area (Å²) in [6.45, 7) is 2.06. The molecular weight excluding hydrogens is 260 g/mol. The van der Waals surface area contributed by atoms with Crippen LogP contribution in [-0.2, 0) is 0 Å². The molecule has 2 aromatic rings. The zero-order chi connectivity index (χ0) is 12.2. The van der Waals surface area contributed by atoms with E-state index < -0.39 is 0 Å². The number of hydrogen-bond acceptors (Lipinski definition) is 4. The molecule has 1 fully saturated rings. The zero-order valence-corrected chi connectivity index (χ0v) is 11.6. The second kappa shape index (κ2) is 6.68. The number of para-hydroxylation sites is 2. The lowest BCUT2D eigenvalue weighted by molar-refractivity contribution is 0.414. The third kappa shape index (κ3) is 3.55. The minimum absolute atomic E-state index is 0. The molecule has 1 atom stereocenters. The average molecular weight is 279 g/mol. The second-order valence-electron chi connectivity index (χ2n) is 4.77. The Morgan fingerprint density at radius 2 is 2.05 bits per heavy atom. The van der Waals surface area contributed by atoms with Crippen LogP contribution in [0.4, 0.5) is 5.82 Å². The molecule has 0 amide bonds. The highest BCUT2D eigenvalue weighted by atomic mass is 35.5. The first-order valence-corrected chi connectivity index (χ1v) is 6.61. The van der Waals surface area contributed by atoms with E-state index in [2.05, 4.69) is 20.6 Å². The minimum atomic E-state index is 0. The van der Waals surface area contributed by atoms with Gasteiger partial charge in [0.1, 0.15) is 5.82 Å². The van der Waals surface area contributed by atoms with Crippen molar-refractivity contribution in [1.82, 2.24) is 15.3 Å². The van der Waals surface area contributed by atoms with Crippen molar-refractivity contribution in [2.24, 2.45) is 0 Å². The van der Waals surface area contributed by atoms with Gasteiger partial charge >= 0.3 is 0 Å². The Morgan fingerprint density at radius 3 is 2.84 bits per heavy atom. The van der Waals surface area contributed by atoms with Crippen molar-refractivity contribution in [3.8, 4) is 0 Å². The van der Waals surface area contributed by atoms with Crippen LogP contribution < -0.4 is 10.6 Å². The van der Waals surface area contributed by atoms with Gasteiger partial charge in [0.05, 0.1) is 17.2 Å². The first-order chi connectivity index (χ1) is 8.92. The molecule has 0 spiro atoms. The predicted molar refractivity (Wildman–Crippen MR) is 80.9 cm³/mol. The number of fused-ring (bicyclic) bond motifs is 1. The Balaban J connectivity index is 0.00000133. The number of halogens is 1. The summed E-state index contributed by atoms with van der Waals surface area (Å²) in [4.78, 5) is 8.96. The van der Waals surface area contributed by atoms with Gasteiger partial charge in [-0.2, -0.15) is 0 Å². The number of nitrogens with one attached hydrogen (secondary N) is 2. The van der Waals surface area contributed by atoms with Gasteiger partial charge < -0.3 is 10.6 Å². The first-order valence-electron chi connectivity index (χ1n) is 6.61. The lowest BCUT2D eigenvalue weighted by atomic mass is 10.1. The molecule has 1 unspecified atom stereocenters. The Kier molecular flexibility index (Phi) is 4.93. The summed E-state index contributed by atoms with van der Waals surface area (Å²) in [6.07, 6.45) is 5.67. The maximum absolute atomic E-state index is 4.56. The molecule has 5 heteroatoms. The van der Waals surface area contributed by atoms with Gasteiger partial charge in [0.15, 0.2) is 0 Å². The van der Waals surface area contributed by atoms with Crippen molar-refractivity contribution >= 4 is 29.3 Å². The van der Waals surface area contributed by atoms with Crippen LogP contribution in [0.3, 0.4) is 0 Å². The molecule has 0 saturated carbocycles. The van der Waals surface area contributed by atoms with Gasteiger partial charge in [-0.1, -0.05) is 18.6 Å². The minimum Gasteiger partial charge on any atom is -0.367 e. The van der Waals surface area contributed by atoms with Crippen LogP contribution in [0.15, 0.2) is 30.5 Å². The summed E-state index contributed by atoms with van der Waals surface area (Å²) in [5.74, 6) is 0.862. The van der Waals surface area contributed by atoms with Gasteiger partial charge in [-0.3, -0.25) is 4.98 Å². The summed E-state index contributed by atoms with van der Waals surface area (Å²) in [7, 11) is 0. The van der Waals surface area contributed by atoms with Crippen molar-refractivity contribution in [2.45, 2.75) is 25.3 Å². The van der Waals surface area contributed by atoms with E-state index >= 15 is 0 Å². The highest BCUT2D eigenvalue weighted by Gasteiger charge is 2.12. The monoisotopic (exact) mass is 278 g/mol. The molecule has 0 radical (unpaired) electrons. The standard InChI is InChI=1S/C14H18N4.ClH/c1-2-7-13-12(6-1)16-10-14(18-13)17-9-11-5-3-4-8-15-11;/h1-2,6-7,10-11,15H,3-5,8-9H2,(H,17,18);1H. The van der Waals surface area contributed by atoms with Crippen molar-refractivity contribution in [3.63, 3.8) is 0 Å². The number of aromatic nitrogens is 2. The molecule has 2 N–H and O–H groups in total. The Morgan fingerprint density at radius 1 is 1.21 bits per heavy atom. The molecule has 1 aromatic heterocycles. The van der Waals surface area contributed by atoms with Crippen LogP contribution >= 0.6 is 12.4 Å². The number of benzene rings is 1. The van der Waals surface area contributed by atoms with E-state index in [1.807, 2.05) is 30.5 Å². The van der Waals surface area contributed by atoms with Crippen molar-refractivity contribution in [1.29, 1.82) is 0 Å². The van der Waals surface area contributed by atoms with E-state index in [1.54, 1.807) is 0 Å².